The van der Waals surface area contributed by atoms with Gasteiger partial charge in [0.2, 0.25) is 6.10 Å². The number of esters is 3. The van der Waals surface area contributed by atoms with Crippen LogP contribution in [0.4, 0.5) is 0 Å². The van der Waals surface area contributed by atoms with Crippen molar-refractivity contribution in [2.45, 2.75) is 57.3 Å². The summed E-state index contributed by atoms with van der Waals surface area (Å²) in [4.78, 5) is 35.4. The van der Waals surface area contributed by atoms with Crippen LogP contribution in [0.2, 0.25) is 0 Å². The van der Waals surface area contributed by atoms with Gasteiger partial charge < -0.3 is 14.2 Å². The van der Waals surface area contributed by atoms with Gasteiger partial charge in [-0.15, -0.1) is 0 Å². The molecule has 2 saturated carbocycles. The van der Waals surface area contributed by atoms with E-state index in [0.29, 0.717) is 24.8 Å². The minimum Gasteiger partial charge on any atom is -0.457 e. The van der Waals surface area contributed by atoms with E-state index in [4.69, 9.17) is 14.2 Å². The van der Waals surface area contributed by atoms with Crippen molar-refractivity contribution in [3.8, 4) is 0 Å². The zero-order valence-corrected chi connectivity index (χ0v) is 12.4. The number of cyclic esters (lactones) is 1. The molecule has 0 N–H and O–H groups in total. The Labute approximate surface area is 122 Å². The van der Waals surface area contributed by atoms with Gasteiger partial charge in [-0.05, 0) is 20.8 Å². The SMILES string of the molecule is C=C(C)C(=O)OC12CC1(C(=O)OC1CC(C)(C)OC1=O)C2. The van der Waals surface area contributed by atoms with Crippen molar-refractivity contribution >= 4 is 17.9 Å². The standard InChI is InChI=1S/C15H18O6/c1-8(2)10(16)21-15-6-14(15,7-15)12(18)19-9-5-13(3,4)20-11(9)17/h9H,1,5-7H2,2-4H3. The van der Waals surface area contributed by atoms with Crippen LogP contribution in [-0.2, 0) is 28.6 Å². The Kier molecular flexibility index (Phi) is 2.60. The van der Waals surface area contributed by atoms with E-state index in [1.54, 1.807) is 20.8 Å². The van der Waals surface area contributed by atoms with E-state index < -0.39 is 40.6 Å². The number of ether oxygens (including phenoxy) is 3. The van der Waals surface area contributed by atoms with Gasteiger partial charge in [-0.1, -0.05) is 6.58 Å². The molecule has 1 atom stereocenters. The third kappa shape index (κ3) is 2.04. The van der Waals surface area contributed by atoms with Gasteiger partial charge >= 0.3 is 17.9 Å². The van der Waals surface area contributed by atoms with Crippen LogP contribution < -0.4 is 0 Å². The first-order chi connectivity index (χ1) is 9.61. The summed E-state index contributed by atoms with van der Waals surface area (Å²) in [6.07, 6.45) is 0.399. The highest BCUT2D eigenvalue weighted by Crippen LogP contribution is 2.81. The quantitative estimate of drug-likeness (QED) is 0.441. The second-order valence-electron chi connectivity index (χ2n) is 6.88. The van der Waals surface area contributed by atoms with Crippen LogP contribution in [0.25, 0.3) is 0 Å². The van der Waals surface area contributed by atoms with Crippen LogP contribution >= 0.6 is 0 Å². The van der Waals surface area contributed by atoms with Crippen molar-refractivity contribution in [3.05, 3.63) is 12.2 Å². The molecule has 6 heteroatoms. The first-order valence-corrected chi connectivity index (χ1v) is 6.94. The molecule has 3 fully saturated rings. The lowest BCUT2D eigenvalue weighted by molar-refractivity contribution is -0.164. The molecule has 0 radical (unpaired) electrons. The van der Waals surface area contributed by atoms with Gasteiger partial charge in [-0.2, -0.15) is 0 Å². The highest BCUT2D eigenvalue weighted by atomic mass is 16.6. The molecular weight excluding hydrogens is 276 g/mol. The van der Waals surface area contributed by atoms with Crippen molar-refractivity contribution < 1.29 is 28.6 Å². The highest BCUT2D eigenvalue weighted by molar-refractivity contribution is 5.94. The molecule has 0 amide bonds. The first kappa shape index (κ1) is 14.1. The Morgan fingerprint density at radius 1 is 1.33 bits per heavy atom. The van der Waals surface area contributed by atoms with E-state index in [1.165, 1.54) is 0 Å². The minimum absolute atomic E-state index is 0.298. The van der Waals surface area contributed by atoms with E-state index in [2.05, 4.69) is 6.58 Å². The molecule has 1 saturated heterocycles. The van der Waals surface area contributed by atoms with Gasteiger partial charge in [0.05, 0.1) is 0 Å². The normalized spacial score (nSPS) is 38.0. The number of hydrogen-bond acceptors (Lipinski definition) is 6. The van der Waals surface area contributed by atoms with Gasteiger partial charge in [0, 0.05) is 24.8 Å². The molecule has 0 aromatic rings. The van der Waals surface area contributed by atoms with Gasteiger partial charge in [0.15, 0.2) is 0 Å². The molecule has 0 spiro atoms. The molecule has 2 aliphatic carbocycles. The van der Waals surface area contributed by atoms with Crippen molar-refractivity contribution in [3.63, 3.8) is 0 Å². The maximum atomic E-state index is 12.2. The lowest BCUT2D eigenvalue weighted by Crippen LogP contribution is -2.26. The van der Waals surface area contributed by atoms with E-state index >= 15 is 0 Å². The van der Waals surface area contributed by atoms with Crippen LogP contribution in [0.1, 0.15) is 40.0 Å². The summed E-state index contributed by atoms with van der Waals surface area (Å²) in [5, 5.41) is 0. The third-order valence-electron chi connectivity index (χ3n) is 4.39. The fraction of sp³-hybridized carbons (Fsp3) is 0.667. The Hall–Kier alpha value is -1.85. The average molecular weight is 294 g/mol. The van der Waals surface area contributed by atoms with Crippen LogP contribution in [0, 0.1) is 5.41 Å². The molecule has 0 aromatic heterocycles. The Bertz CT molecular complexity index is 567. The molecule has 0 aromatic carbocycles. The summed E-state index contributed by atoms with van der Waals surface area (Å²) in [5.74, 6) is -1.49. The first-order valence-electron chi connectivity index (χ1n) is 6.94. The molecule has 6 nitrogen and oxygen atoms in total. The maximum absolute atomic E-state index is 12.2. The fourth-order valence-corrected chi connectivity index (χ4v) is 2.84. The number of carbonyl (C=O) groups is 3. The fourth-order valence-electron chi connectivity index (χ4n) is 2.84. The van der Waals surface area contributed by atoms with Crippen LogP contribution in [0.3, 0.4) is 0 Å². The largest absolute Gasteiger partial charge is 0.457 e. The Morgan fingerprint density at radius 2 is 1.95 bits per heavy atom. The summed E-state index contributed by atoms with van der Waals surface area (Å²) in [6, 6.07) is 0. The van der Waals surface area contributed by atoms with E-state index in [9.17, 15) is 14.4 Å². The Balaban J connectivity index is 1.59. The predicted octanol–water partition coefficient (Wildman–Crippen LogP) is 1.28. The van der Waals surface area contributed by atoms with Crippen LogP contribution in [-0.4, -0.2) is 35.2 Å². The van der Waals surface area contributed by atoms with Crippen molar-refractivity contribution in [2.24, 2.45) is 5.41 Å². The molecule has 0 bridgehead atoms. The number of hydrogen-bond donors (Lipinski definition) is 0. The number of carbonyl (C=O) groups excluding carboxylic acids is 3. The molecule has 1 heterocycles. The second-order valence-corrected chi connectivity index (χ2v) is 6.88. The molecule has 1 aliphatic heterocycles. The van der Waals surface area contributed by atoms with Crippen molar-refractivity contribution in [2.75, 3.05) is 0 Å². The van der Waals surface area contributed by atoms with Crippen molar-refractivity contribution in [1.29, 1.82) is 0 Å². The van der Waals surface area contributed by atoms with E-state index in [-0.39, 0.29) is 0 Å². The van der Waals surface area contributed by atoms with Gasteiger partial charge in [0.1, 0.15) is 16.6 Å². The van der Waals surface area contributed by atoms with Gasteiger partial charge in [0.25, 0.3) is 0 Å². The zero-order valence-electron chi connectivity index (χ0n) is 12.4. The molecular formula is C15H18O6. The number of fused-ring (bicyclic) bond motifs is 1. The molecule has 1 unspecified atom stereocenters. The topological polar surface area (TPSA) is 78.9 Å². The summed E-state index contributed by atoms with van der Waals surface area (Å²) in [5.41, 5.74) is -1.79. The molecule has 21 heavy (non-hydrogen) atoms. The summed E-state index contributed by atoms with van der Waals surface area (Å²) in [6.45, 7) is 8.60. The minimum atomic E-state index is -0.863. The van der Waals surface area contributed by atoms with E-state index in [0.717, 1.165) is 0 Å². The van der Waals surface area contributed by atoms with Crippen LogP contribution in [0.15, 0.2) is 12.2 Å². The average Bonchev–Trinajstić information content (AvgIpc) is 3.09. The Morgan fingerprint density at radius 3 is 2.43 bits per heavy atom. The predicted molar refractivity (Wildman–Crippen MR) is 70.0 cm³/mol. The zero-order chi connectivity index (χ0) is 15.6. The monoisotopic (exact) mass is 294 g/mol. The lowest BCUT2D eigenvalue weighted by atomic mass is 10.0. The third-order valence-corrected chi connectivity index (χ3v) is 4.39. The van der Waals surface area contributed by atoms with Gasteiger partial charge in [-0.25, -0.2) is 9.59 Å². The smallest absolute Gasteiger partial charge is 0.348 e. The molecule has 3 rings (SSSR count). The second kappa shape index (κ2) is 3.87. The summed E-state index contributed by atoms with van der Waals surface area (Å²) >= 11 is 0. The van der Waals surface area contributed by atoms with Crippen molar-refractivity contribution in [1.82, 2.24) is 0 Å². The van der Waals surface area contributed by atoms with E-state index in [1.807, 2.05) is 0 Å². The van der Waals surface area contributed by atoms with Crippen LogP contribution in [0.5, 0.6) is 0 Å². The molecule has 3 aliphatic rings. The summed E-state index contributed by atoms with van der Waals surface area (Å²) in [7, 11) is 0. The number of rotatable bonds is 4. The lowest BCUT2D eigenvalue weighted by Gasteiger charge is -2.14. The molecule has 114 valence electrons. The summed E-state index contributed by atoms with van der Waals surface area (Å²) < 4.78 is 15.7. The maximum Gasteiger partial charge on any atom is 0.348 e. The highest BCUT2D eigenvalue weighted by Gasteiger charge is 2.92. The van der Waals surface area contributed by atoms with Gasteiger partial charge in [-0.3, -0.25) is 4.79 Å².